The molecule has 1 N–H and O–H groups in total. The molecule has 0 saturated carbocycles. The van der Waals surface area contributed by atoms with Gasteiger partial charge in [-0.15, -0.1) is 0 Å². The van der Waals surface area contributed by atoms with Crippen molar-refractivity contribution in [3.8, 4) is 0 Å². The number of benzene rings is 1. The van der Waals surface area contributed by atoms with Gasteiger partial charge in [0.2, 0.25) is 5.28 Å². The summed E-state index contributed by atoms with van der Waals surface area (Å²) in [5.41, 5.74) is 1.19. The van der Waals surface area contributed by atoms with Crippen molar-refractivity contribution in [3.63, 3.8) is 0 Å². The molecule has 5 heteroatoms. The molecular formula is C10H7ClN2O2. The maximum absolute atomic E-state index is 10.9. The third-order valence-corrected chi connectivity index (χ3v) is 2.29. The maximum atomic E-state index is 10.9. The van der Waals surface area contributed by atoms with Crippen LogP contribution in [0.5, 0.6) is 0 Å². The predicted molar refractivity (Wildman–Crippen MR) is 56.2 cm³/mol. The zero-order valence-electron chi connectivity index (χ0n) is 7.86. The highest BCUT2D eigenvalue weighted by molar-refractivity contribution is 6.28. The molecule has 1 aromatic heterocycles. The van der Waals surface area contributed by atoms with Crippen molar-refractivity contribution >= 4 is 28.5 Å². The number of rotatable bonds is 1. The molecule has 2 aromatic rings. The average molecular weight is 223 g/mol. The third kappa shape index (κ3) is 1.64. The van der Waals surface area contributed by atoms with Gasteiger partial charge in [0, 0.05) is 5.39 Å². The van der Waals surface area contributed by atoms with Crippen LogP contribution in [0.2, 0.25) is 5.28 Å². The minimum Gasteiger partial charge on any atom is -0.478 e. The van der Waals surface area contributed by atoms with Gasteiger partial charge in [0.05, 0.1) is 16.8 Å². The Balaban J connectivity index is 2.91. The van der Waals surface area contributed by atoms with Gasteiger partial charge in [0.15, 0.2) is 0 Å². The van der Waals surface area contributed by atoms with Gasteiger partial charge in [-0.05, 0) is 24.6 Å². The molecule has 4 nitrogen and oxygen atoms in total. The summed E-state index contributed by atoms with van der Waals surface area (Å²) in [4.78, 5) is 18.8. The van der Waals surface area contributed by atoms with E-state index in [2.05, 4.69) is 9.97 Å². The molecule has 76 valence electrons. The SMILES string of the molecule is Cc1nc(Cl)nc2c(C(=O)O)cccc12. The van der Waals surface area contributed by atoms with Crippen LogP contribution in [0.3, 0.4) is 0 Å². The van der Waals surface area contributed by atoms with E-state index < -0.39 is 5.97 Å². The van der Waals surface area contributed by atoms with Crippen LogP contribution in [0.15, 0.2) is 18.2 Å². The summed E-state index contributed by atoms with van der Waals surface area (Å²) in [6, 6.07) is 4.93. The van der Waals surface area contributed by atoms with Crippen molar-refractivity contribution in [2.45, 2.75) is 6.92 Å². The molecule has 1 aromatic carbocycles. The maximum Gasteiger partial charge on any atom is 0.337 e. The van der Waals surface area contributed by atoms with Crippen LogP contribution in [0.4, 0.5) is 0 Å². The monoisotopic (exact) mass is 222 g/mol. The van der Waals surface area contributed by atoms with E-state index in [-0.39, 0.29) is 10.8 Å². The lowest BCUT2D eigenvalue weighted by Gasteiger charge is -2.03. The van der Waals surface area contributed by atoms with E-state index in [1.807, 2.05) is 0 Å². The largest absolute Gasteiger partial charge is 0.478 e. The Kier molecular flexibility index (Phi) is 2.28. The lowest BCUT2D eigenvalue weighted by molar-refractivity contribution is 0.0699. The second-order valence-electron chi connectivity index (χ2n) is 3.08. The van der Waals surface area contributed by atoms with Crippen LogP contribution < -0.4 is 0 Å². The average Bonchev–Trinajstić information content (AvgIpc) is 2.16. The molecule has 0 aliphatic rings. The summed E-state index contributed by atoms with van der Waals surface area (Å²) < 4.78 is 0. The van der Waals surface area contributed by atoms with Gasteiger partial charge in [-0.25, -0.2) is 14.8 Å². The number of aromatic nitrogens is 2. The number of carbonyl (C=O) groups is 1. The summed E-state index contributed by atoms with van der Waals surface area (Å²) in [5.74, 6) is -1.02. The van der Waals surface area contributed by atoms with Crippen molar-refractivity contribution in [1.29, 1.82) is 0 Å². The summed E-state index contributed by atoms with van der Waals surface area (Å²) in [7, 11) is 0. The standard InChI is InChI=1S/C10H7ClN2O2/c1-5-6-3-2-4-7(9(14)15)8(6)13-10(11)12-5/h2-4H,1H3,(H,14,15). The second kappa shape index (κ2) is 3.47. The van der Waals surface area contributed by atoms with E-state index >= 15 is 0 Å². The third-order valence-electron chi connectivity index (χ3n) is 2.12. The Bertz CT molecular complexity index is 554. The zero-order valence-corrected chi connectivity index (χ0v) is 8.62. The highest BCUT2D eigenvalue weighted by Gasteiger charge is 2.11. The van der Waals surface area contributed by atoms with Crippen molar-refractivity contribution in [3.05, 3.63) is 34.7 Å². The highest BCUT2D eigenvalue weighted by Crippen LogP contribution is 2.20. The molecule has 0 saturated heterocycles. The smallest absolute Gasteiger partial charge is 0.337 e. The quantitative estimate of drug-likeness (QED) is 0.752. The van der Waals surface area contributed by atoms with E-state index in [4.69, 9.17) is 16.7 Å². The number of hydrogen-bond acceptors (Lipinski definition) is 3. The molecule has 0 bridgehead atoms. The number of halogens is 1. The Hall–Kier alpha value is -1.68. The first-order valence-electron chi connectivity index (χ1n) is 4.26. The minimum absolute atomic E-state index is 0.0636. The van der Waals surface area contributed by atoms with Crippen LogP contribution in [0.1, 0.15) is 16.1 Å². The molecule has 0 atom stereocenters. The molecule has 2 rings (SSSR count). The summed E-state index contributed by atoms with van der Waals surface area (Å²) in [5, 5.41) is 9.73. The van der Waals surface area contributed by atoms with Gasteiger partial charge in [-0.3, -0.25) is 0 Å². The number of carboxylic acid groups (broad SMARTS) is 1. The van der Waals surface area contributed by atoms with E-state index in [0.29, 0.717) is 16.6 Å². The van der Waals surface area contributed by atoms with E-state index in [0.717, 1.165) is 0 Å². The number of aromatic carboxylic acids is 1. The molecular weight excluding hydrogens is 216 g/mol. The molecule has 0 aliphatic carbocycles. The number of hydrogen-bond donors (Lipinski definition) is 1. The molecule has 0 spiro atoms. The van der Waals surface area contributed by atoms with Crippen LogP contribution in [-0.4, -0.2) is 21.0 Å². The number of nitrogens with zero attached hydrogens (tertiary/aromatic N) is 2. The van der Waals surface area contributed by atoms with Gasteiger partial charge in [0.25, 0.3) is 0 Å². The number of para-hydroxylation sites is 1. The van der Waals surface area contributed by atoms with Crippen LogP contribution >= 0.6 is 11.6 Å². The summed E-state index contributed by atoms with van der Waals surface area (Å²) in [6.45, 7) is 1.77. The fourth-order valence-electron chi connectivity index (χ4n) is 1.44. The molecule has 0 unspecified atom stereocenters. The van der Waals surface area contributed by atoms with Crippen molar-refractivity contribution in [2.75, 3.05) is 0 Å². The first kappa shape index (κ1) is 9.86. The lowest BCUT2D eigenvalue weighted by atomic mass is 10.1. The van der Waals surface area contributed by atoms with Crippen molar-refractivity contribution in [2.24, 2.45) is 0 Å². The van der Waals surface area contributed by atoms with Gasteiger partial charge in [-0.2, -0.15) is 0 Å². The van der Waals surface area contributed by atoms with E-state index in [1.54, 1.807) is 19.1 Å². The predicted octanol–water partition coefficient (Wildman–Crippen LogP) is 2.29. The number of fused-ring (bicyclic) bond motifs is 1. The van der Waals surface area contributed by atoms with Gasteiger partial charge >= 0.3 is 5.97 Å². The first-order valence-corrected chi connectivity index (χ1v) is 4.63. The normalized spacial score (nSPS) is 10.5. The fourth-order valence-corrected chi connectivity index (χ4v) is 1.66. The molecule has 0 fully saturated rings. The zero-order chi connectivity index (χ0) is 11.0. The lowest BCUT2D eigenvalue weighted by Crippen LogP contribution is -2.00. The Morgan fingerprint density at radius 1 is 1.40 bits per heavy atom. The highest BCUT2D eigenvalue weighted by atomic mass is 35.5. The topological polar surface area (TPSA) is 63.1 Å². The van der Waals surface area contributed by atoms with Crippen LogP contribution in [0.25, 0.3) is 10.9 Å². The molecule has 0 radical (unpaired) electrons. The van der Waals surface area contributed by atoms with Gasteiger partial charge in [0.1, 0.15) is 0 Å². The summed E-state index contributed by atoms with van der Waals surface area (Å²) in [6.07, 6.45) is 0. The second-order valence-corrected chi connectivity index (χ2v) is 3.42. The molecule has 15 heavy (non-hydrogen) atoms. The minimum atomic E-state index is -1.02. The number of carboxylic acids is 1. The molecule has 1 heterocycles. The Morgan fingerprint density at radius 2 is 2.13 bits per heavy atom. The first-order chi connectivity index (χ1) is 7.09. The van der Waals surface area contributed by atoms with Gasteiger partial charge in [-0.1, -0.05) is 12.1 Å². The number of aryl methyl sites for hydroxylation is 1. The van der Waals surface area contributed by atoms with E-state index in [9.17, 15) is 4.79 Å². The van der Waals surface area contributed by atoms with Crippen molar-refractivity contribution in [1.82, 2.24) is 9.97 Å². The molecule has 0 amide bonds. The Labute approximate surface area is 90.5 Å². The molecule has 0 aliphatic heterocycles. The summed E-state index contributed by atoms with van der Waals surface area (Å²) >= 11 is 5.69. The fraction of sp³-hybridized carbons (Fsp3) is 0.100. The Morgan fingerprint density at radius 3 is 2.80 bits per heavy atom. The van der Waals surface area contributed by atoms with Crippen LogP contribution in [0, 0.1) is 6.92 Å². The van der Waals surface area contributed by atoms with Crippen molar-refractivity contribution < 1.29 is 9.90 Å². The van der Waals surface area contributed by atoms with E-state index in [1.165, 1.54) is 6.07 Å². The van der Waals surface area contributed by atoms with Crippen LogP contribution in [-0.2, 0) is 0 Å². The van der Waals surface area contributed by atoms with Gasteiger partial charge < -0.3 is 5.11 Å².